The van der Waals surface area contributed by atoms with E-state index in [9.17, 15) is 13.6 Å². The monoisotopic (exact) mass is 277 g/mol. The maximum absolute atomic E-state index is 13.7. The molecule has 0 spiro atoms. The summed E-state index contributed by atoms with van der Waals surface area (Å²) in [6.45, 7) is 3.58. The molecule has 0 aliphatic rings. The highest BCUT2D eigenvalue weighted by Gasteiger charge is 2.17. The maximum atomic E-state index is 13.7. The normalized spacial score (nSPS) is 10.8. The number of benzene rings is 1. The lowest BCUT2D eigenvalue weighted by molar-refractivity contribution is 0.0694. The summed E-state index contributed by atoms with van der Waals surface area (Å²) in [7, 11) is 0. The van der Waals surface area contributed by atoms with Crippen molar-refractivity contribution in [3.63, 3.8) is 0 Å². The number of hydrogen-bond acceptors (Lipinski definition) is 2. The number of hydrogen-bond donors (Lipinski definition) is 1. The number of carboxylic acid groups (broad SMARTS) is 1. The van der Waals surface area contributed by atoms with E-state index in [1.807, 2.05) is 0 Å². The Balaban J connectivity index is 2.62. The van der Waals surface area contributed by atoms with E-state index in [-0.39, 0.29) is 22.7 Å². The van der Waals surface area contributed by atoms with Gasteiger partial charge in [0.2, 0.25) is 0 Å². The van der Waals surface area contributed by atoms with Gasteiger partial charge in [0.25, 0.3) is 0 Å². The van der Waals surface area contributed by atoms with E-state index in [4.69, 9.17) is 5.11 Å². The molecule has 0 aliphatic heterocycles. The lowest BCUT2D eigenvalue weighted by Gasteiger charge is -2.11. The van der Waals surface area contributed by atoms with Gasteiger partial charge in [-0.05, 0) is 30.2 Å². The first kappa shape index (κ1) is 14.1. The fourth-order valence-electron chi connectivity index (χ4n) is 1.95. The van der Waals surface area contributed by atoms with E-state index in [1.54, 1.807) is 13.8 Å². The molecular weight excluding hydrogens is 264 g/mol. The van der Waals surface area contributed by atoms with Gasteiger partial charge in [0.15, 0.2) is 11.6 Å². The van der Waals surface area contributed by atoms with Gasteiger partial charge in [-0.1, -0.05) is 19.9 Å². The largest absolute Gasteiger partial charge is 0.478 e. The molecule has 0 saturated heterocycles. The predicted octanol–water partition coefficient (Wildman–Crippen LogP) is 3.85. The highest BCUT2D eigenvalue weighted by molar-refractivity contribution is 5.89. The third-order valence-corrected chi connectivity index (χ3v) is 2.93. The number of rotatable bonds is 3. The number of halogens is 2. The third kappa shape index (κ3) is 2.52. The molecule has 5 heteroatoms. The number of aromatic carboxylic acids is 1. The van der Waals surface area contributed by atoms with Crippen molar-refractivity contribution in [2.45, 2.75) is 19.8 Å². The smallest absolute Gasteiger partial charge is 0.337 e. The van der Waals surface area contributed by atoms with Crippen molar-refractivity contribution in [3.05, 3.63) is 53.2 Å². The van der Waals surface area contributed by atoms with Crippen molar-refractivity contribution in [1.29, 1.82) is 0 Å². The van der Waals surface area contributed by atoms with E-state index in [0.717, 1.165) is 6.07 Å². The van der Waals surface area contributed by atoms with Gasteiger partial charge in [0, 0.05) is 5.56 Å². The molecule has 0 unspecified atom stereocenters. The van der Waals surface area contributed by atoms with E-state index in [1.165, 1.54) is 24.3 Å². The van der Waals surface area contributed by atoms with Crippen LogP contribution in [-0.4, -0.2) is 16.1 Å². The summed E-state index contributed by atoms with van der Waals surface area (Å²) >= 11 is 0. The molecule has 0 fully saturated rings. The topological polar surface area (TPSA) is 50.2 Å². The minimum atomic E-state index is -1.09. The highest BCUT2D eigenvalue weighted by Crippen LogP contribution is 2.26. The Bertz CT molecular complexity index is 669. The van der Waals surface area contributed by atoms with Crippen LogP contribution < -0.4 is 0 Å². The van der Waals surface area contributed by atoms with Gasteiger partial charge >= 0.3 is 5.97 Å². The summed E-state index contributed by atoms with van der Waals surface area (Å²) in [4.78, 5) is 15.3. The number of carbonyl (C=O) groups is 1. The van der Waals surface area contributed by atoms with Crippen molar-refractivity contribution in [3.8, 4) is 11.3 Å². The first-order valence-corrected chi connectivity index (χ1v) is 6.10. The number of carboxylic acids is 1. The van der Waals surface area contributed by atoms with E-state index < -0.39 is 17.6 Å². The van der Waals surface area contributed by atoms with Crippen LogP contribution in [0.5, 0.6) is 0 Å². The molecule has 2 aromatic rings. The van der Waals surface area contributed by atoms with Crippen LogP contribution >= 0.6 is 0 Å². The Morgan fingerprint density at radius 1 is 1.20 bits per heavy atom. The number of aromatic nitrogens is 1. The minimum Gasteiger partial charge on any atom is -0.478 e. The van der Waals surface area contributed by atoms with Crippen LogP contribution in [0.3, 0.4) is 0 Å². The van der Waals surface area contributed by atoms with Crippen molar-refractivity contribution < 1.29 is 18.7 Å². The SMILES string of the molecule is CC(C)c1nc(-c2cccc(F)c2F)ccc1C(=O)O. The van der Waals surface area contributed by atoms with Crippen LogP contribution in [0.25, 0.3) is 11.3 Å². The number of pyridine rings is 1. The Morgan fingerprint density at radius 2 is 1.90 bits per heavy atom. The second-order valence-corrected chi connectivity index (χ2v) is 4.69. The van der Waals surface area contributed by atoms with Crippen LogP contribution in [0.2, 0.25) is 0 Å². The summed E-state index contributed by atoms with van der Waals surface area (Å²) in [5, 5.41) is 9.10. The second-order valence-electron chi connectivity index (χ2n) is 4.69. The molecule has 0 amide bonds. The molecule has 0 bridgehead atoms. The molecular formula is C15H13F2NO2. The fourth-order valence-corrected chi connectivity index (χ4v) is 1.95. The first-order chi connectivity index (χ1) is 9.41. The van der Waals surface area contributed by atoms with Gasteiger partial charge in [-0.2, -0.15) is 0 Å². The molecule has 0 atom stereocenters. The summed E-state index contributed by atoms with van der Waals surface area (Å²) < 4.78 is 27.0. The molecule has 0 saturated carbocycles. The molecule has 0 aliphatic carbocycles. The predicted molar refractivity (Wildman–Crippen MR) is 70.6 cm³/mol. The Labute approximate surface area is 114 Å². The zero-order valence-electron chi connectivity index (χ0n) is 11.0. The number of nitrogens with zero attached hydrogens (tertiary/aromatic N) is 1. The summed E-state index contributed by atoms with van der Waals surface area (Å²) in [5.74, 6) is -3.18. The molecule has 2 rings (SSSR count). The molecule has 20 heavy (non-hydrogen) atoms. The average molecular weight is 277 g/mol. The Morgan fingerprint density at radius 3 is 2.50 bits per heavy atom. The van der Waals surface area contributed by atoms with Crippen molar-refractivity contribution >= 4 is 5.97 Å². The molecule has 1 aromatic heterocycles. The van der Waals surface area contributed by atoms with Crippen molar-refractivity contribution in [1.82, 2.24) is 4.98 Å². The van der Waals surface area contributed by atoms with Crippen LogP contribution in [0.4, 0.5) is 8.78 Å². The van der Waals surface area contributed by atoms with Gasteiger partial charge in [-0.3, -0.25) is 4.98 Å². The quantitative estimate of drug-likeness (QED) is 0.927. The van der Waals surface area contributed by atoms with Gasteiger partial charge < -0.3 is 5.11 Å². The molecule has 1 N–H and O–H groups in total. The van der Waals surface area contributed by atoms with Gasteiger partial charge in [-0.25, -0.2) is 13.6 Å². The average Bonchev–Trinajstić information content (AvgIpc) is 2.41. The van der Waals surface area contributed by atoms with Crippen LogP contribution in [0.15, 0.2) is 30.3 Å². The fraction of sp³-hybridized carbons (Fsp3) is 0.200. The molecule has 104 valence electrons. The highest BCUT2D eigenvalue weighted by atomic mass is 19.2. The van der Waals surface area contributed by atoms with Gasteiger partial charge in [-0.15, -0.1) is 0 Å². The minimum absolute atomic E-state index is 0.0174. The van der Waals surface area contributed by atoms with Gasteiger partial charge in [0.05, 0.1) is 17.0 Å². The van der Waals surface area contributed by atoms with Crippen molar-refractivity contribution in [2.24, 2.45) is 0 Å². The first-order valence-electron chi connectivity index (χ1n) is 6.10. The van der Waals surface area contributed by atoms with E-state index >= 15 is 0 Å². The van der Waals surface area contributed by atoms with Crippen LogP contribution in [0, 0.1) is 11.6 Å². The second kappa shape index (κ2) is 5.36. The van der Waals surface area contributed by atoms with Gasteiger partial charge in [0.1, 0.15) is 0 Å². The molecule has 1 heterocycles. The summed E-state index contributed by atoms with van der Waals surface area (Å²) in [6.07, 6.45) is 0. The Hall–Kier alpha value is -2.30. The van der Waals surface area contributed by atoms with Crippen molar-refractivity contribution in [2.75, 3.05) is 0 Å². The molecule has 0 radical (unpaired) electrons. The molecule has 3 nitrogen and oxygen atoms in total. The third-order valence-electron chi connectivity index (χ3n) is 2.93. The van der Waals surface area contributed by atoms with E-state index in [2.05, 4.69) is 4.98 Å². The summed E-state index contributed by atoms with van der Waals surface area (Å²) in [6, 6.07) is 6.56. The lowest BCUT2D eigenvalue weighted by atomic mass is 10.0. The van der Waals surface area contributed by atoms with Crippen LogP contribution in [-0.2, 0) is 0 Å². The standard InChI is InChI=1S/C15H13F2NO2/c1-8(2)14-10(15(19)20)6-7-12(18-14)9-4-3-5-11(16)13(9)17/h3-8H,1-2H3,(H,19,20). The van der Waals surface area contributed by atoms with E-state index in [0.29, 0.717) is 5.69 Å². The zero-order chi connectivity index (χ0) is 14.9. The molecule has 1 aromatic carbocycles. The van der Waals surface area contributed by atoms with Crippen LogP contribution in [0.1, 0.15) is 35.8 Å². The zero-order valence-corrected chi connectivity index (χ0v) is 11.0. The lowest BCUT2D eigenvalue weighted by Crippen LogP contribution is -2.07. The summed E-state index contributed by atoms with van der Waals surface area (Å²) in [5.41, 5.74) is 0.652. The maximum Gasteiger partial charge on any atom is 0.337 e. The Kier molecular flexibility index (Phi) is 3.79.